The molecule has 0 unspecified atom stereocenters. The van der Waals surface area contributed by atoms with E-state index in [1.54, 1.807) is 11.3 Å². The van der Waals surface area contributed by atoms with E-state index in [0.717, 1.165) is 55.4 Å². The van der Waals surface area contributed by atoms with Gasteiger partial charge < -0.3 is 9.30 Å². The average Bonchev–Trinajstić information content (AvgIpc) is 3.18. The molecule has 3 heterocycles. The van der Waals surface area contributed by atoms with Crippen molar-refractivity contribution in [1.29, 1.82) is 0 Å². The van der Waals surface area contributed by atoms with Crippen molar-refractivity contribution in [2.24, 2.45) is 0 Å². The number of ketones is 1. The fraction of sp³-hybridized carbons (Fsp3) is 0.381. The SMILES string of the molecule is Cc1ccccc1C(=O)c1cc2cc(C)n(CCN3CCOCC3)c2s1. The highest BCUT2D eigenvalue weighted by molar-refractivity contribution is 7.20. The molecule has 5 heteroatoms. The highest BCUT2D eigenvalue weighted by Gasteiger charge is 2.18. The molecule has 3 aromatic rings. The lowest BCUT2D eigenvalue weighted by atomic mass is 10.0. The molecule has 136 valence electrons. The zero-order valence-corrected chi connectivity index (χ0v) is 16.1. The fourth-order valence-electron chi connectivity index (χ4n) is 3.59. The van der Waals surface area contributed by atoms with Gasteiger partial charge in [0.1, 0.15) is 4.83 Å². The van der Waals surface area contributed by atoms with Gasteiger partial charge >= 0.3 is 0 Å². The Morgan fingerprint density at radius 2 is 1.88 bits per heavy atom. The van der Waals surface area contributed by atoms with Gasteiger partial charge in [0.25, 0.3) is 0 Å². The second-order valence-corrected chi connectivity index (χ2v) is 7.94. The van der Waals surface area contributed by atoms with Crippen molar-refractivity contribution in [1.82, 2.24) is 9.47 Å². The van der Waals surface area contributed by atoms with Gasteiger partial charge in [-0.25, -0.2) is 0 Å². The summed E-state index contributed by atoms with van der Waals surface area (Å²) in [6, 6.07) is 12.1. The Morgan fingerprint density at radius 3 is 2.65 bits per heavy atom. The number of carbonyl (C=O) groups excluding carboxylic acids is 1. The number of rotatable bonds is 5. The first kappa shape index (κ1) is 17.5. The van der Waals surface area contributed by atoms with Crippen LogP contribution in [0.4, 0.5) is 0 Å². The van der Waals surface area contributed by atoms with Crippen molar-refractivity contribution in [3.63, 3.8) is 0 Å². The van der Waals surface area contributed by atoms with E-state index in [-0.39, 0.29) is 5.78 Å². The third-order valence-electron chi connectivity index (χ3n) is 5.13. The first-order chi connectivity index (χ1) is 12.6. The number of hydrogen-bond donors (Lipinski definition) is 0. The number of nitrogens with zero attached hydrogens (tertiary/aromatic N) is 2. The summed E-state index contributed by atoms with van der Waals surface area (Å²) in [6.45, 7) is 9.78. The van der Waals surface area contributed by atoms with Gasteiger partial charge in [-0.3, -0.25) is 9.69 Å². The maximum atomic E-state index is 12.9. The Hall–Kier alpha value is -1.95. The van der Waals surface area contributed by atoms with Gasteiger partial charge in [0.05, 0.1) is 18.1 Å². The van der Waals surface area contributed by atoms with E-state index in [4.69, 9.17) is 4.74 Å². The van der Waals surface area contributed by atoms with Crippen LogP contribution in [0.3, 0.4) is 0 Å². The second-order valence-electron chi connectivity index (χ2n) is 6.91. The number of ether oxygens (including phenoxy) is 1. The van der Waals surface area contributed by atoms with Gasteiger partial charge in [-0.05, 0) is 31.5 Å². The van der Waals surface area contributed by atoms with Crippen molar-refractivity contribution >= 4 is 27.3 Å². The van der Waals surface area contributed by atoms with Crippen molar-refractivity contribution in [3.8, 4) is 0 Å². The van der Waals surface area contributed by atoms with E-state index < -0.39 is 0 Å². The maximum absolute atomic E-state index is 12.9. The predicted octanol–water partition coefficient (Wildman–Crippen LogP) is 3.88. The van der Waals surface area contributed by atoms with Crippen LogP contribution in [0.25, 0.3) is 10.2 Å². The normalized spacial score (nSPS) is 15.6. The number of carbonyl (C=O) groups is 1. The van der Waals surface area contributed by atoms with Crippen LogP contribution in [0.5, 0.6) is 0 Å². The third-order valence-corrected chi connectivity index (χ3v) is 6.31. The molecule has 0 spiro atoms. The van der Waals surface area contributed by atoms with E-state index in [2.05, 4.69) is 22.5 Å². The smallest absolute Gasteiger partial charge is 0.203 e. The molecule has 0 bridgehead atoms. The van der Waals surface area contributed by atoms with Crippen LogP contribution < -0.4 is 0 Å². The maximum Gasteiger partial charge on any atom is 0.203 e. The number of fused-ring (bicyclic) bond motifs is 1. The molecule has 1 aliphatic rings. The summed E-state index contributed by atoms with van der Waals surface area (Å²) < 4.78 is 7.78. The second kappa shape index (κ2) is 7.35. The Labute approximate surface area is 158 Å². The Balaban J connectivity index is 1.58. The monoisotopic (exact) mass is 368 g/mol. The first-order valence-corrected chi connectivity index (χ1v) is 9.95. The summed E-state index contributed by atoms with van der Waals surface area (Å²) >= 11 is 1.61. The lowest BCUT2D eigenvalue weighted by molar-refractivity contribution is 0.0365. The zero-order valence-electron chi connectivity index (χ0n) is 15.3. The summed E-state index contributed by atoms with van der Waals surface area (Å²) in [5, 5.41) is 1.17. The minimum Gasteiger partial charge on any atom is -0.379 e. The fourth-order valence-corrected chi connectivity index (χ4v) is 4.77. The highest BCUT2D eigenvalue weighted by Crippen LogP contribution is 2.31. The van der Waals surface area contributed by atoms with Crippen LogP contribution in [-0.4, -0.2) is 48.1 Å². The number of aromatic nitrogens is 1. The zero-order chi connectivity index (χ0) is 18.1. The van der Waals surface area contributed by atoms with Crippen LogP contribution in [0, 0.1) is 13.8 Å². The van der Waals surface area contributed by atoms with Crippen LogP contribution in [0.2, 0.25) is 0 Å². The lowest BCUT2D eigenvalue weighted by Crippen LogP contribution is -2.38. The van der Waals surface area contributed by atoms with Gasteiger partial charge in [-0.2, -0.15) is 0 Å². The minimum atomic E-state index is 0.127. The van der Waals surface area contributed by atoms with E-state index in [1.165, 1.54) is 15.9 Å². The van der Waals surface area contributed by atoms with Crippen LogP contribution in [0.15, 0.2) is 36.4 Å². The molecule has 26 heavy (non-hydrogen) atoms. The number of benzene rings is 1. The summed E-state index contributed by atoms with van der Waals surface area (Å²) in [5.41, 5.74) is 3.09. The molecule has 0 amide bonds. The van der Waals surface area contributed by atoms with Gasteiger partial charge in [0.2, 0.25) is 5.78 Å². The molecule has 1 aromatic carbocycles. The minimum absolute atomic E-state index is 0.127. The van der Waals surface area contributed by atoms with Crippen molar-refractivity contribution in [3.05, 3.63) is 58.1 Å². The number of hydrogen-bond acceptors (Lipinski definition) is 4. The number of morpholine rings is 1. The highest BCUT2D eigenvalue weighted by atomic mass is 32.1. The molecular formula is C21H24N2O2S. The molecule has 0 aliphatic carbocycles. The molecule has 4 rings (SSSR count). The van der Waals surface area contributed by atoms with E-state index in [9.17, 15) is 4.79 Å². The molecule has 2 aromatic heterocycles. The summed E-state index contributed by atoms with van der Waals surface area (Å²) in [5.74, 6) is 0.127. The van der Waals surface area contributed by atoms with Gasteiger partial charge in [-0.15, -0.1) is 11.3 Å². The van der Waals surface area contributed by atoms with Crippen LogP contribution in [0.1, 0.15) is 26.5 Å². The number of thiophene rings is 1. The predicted molar refractivity (Wildman–Crippen MR) is 106 cm³/mol. The number of aryl methyl sites for hydroxylation is 2. The van der Waals surface area contributed by atoms with Gasteiger partial charge in [-0.1, -0.05) is 24.3 Å². The lowest BCUT2D eigenvalue weighted by Gasteiger charge is -2.26. The summed E-state index contributed by atoms with van der Waals surface area (Å²) in [7, 11) is 0. The molecule has 0 atom stereocenters. The molecule has 1 saturated heterocycles. The third kappa shape index (κ3) is 3.34. The van der Waals surface area contributed by atoms with Crippen molar-refractivity contribution in [2.75, 3.05) is 32.8 Å². The molecule has 1 aliphatic heterocycles. The first-order valence-electron chi connectivity index (χ1n) is 9.13. The molecule has 4 nitrogen and oxygen atoms in total. The van der Waals surface area contributed by atoms with E-state index in [1.807, 2.05) is 37.3 Å². The molecule has 0 radical (unpaired) electrons. The average molecular weight is 369 g/mol. The van der Waals surface area contributed by atoms with Crippen LogP contribution >= 0.6 is 11.3 Å². The molecular weight excluding hydrogens is 344 g/mol. The van der Waals surface area contributed by atoms with E-state index >= 15 is 0 Å². The van der Waals surface area contributed by atoms with Crippen LogP contribution in [-0.2, 0) is 11.3 Å². The Bertz CT molecular complexity index is 935. The Morgan fingerprint density at radius 1 is 1.12 bits per heavy atom. The van der Waals surface area contributed by atoms with Gasteiger partial charge in [0, 0.05) is 42.8 Å². The van der Waals surface area contributed by atoms with Crippen molar-refractivity contribution < 1.29 is 9.53 Å². The largest absolute Gasteiger partial charge is 0.379 e. The van der Waals surface area contributed by atoms with Gasteiger partial charge in [0.15, 0.2) is 0 Å². The quantitative estimate of drug-likeness (QED) is 0.641. The summed E-state index contributed by atoms with van der Waals surface area (Å²) in [6.07, 6.45) is 0. The summed E-state index contributed by atoms with van der Waals surface area (Å²) in [4.78, 5) is 17.4. The molecule has 0 saturated carbocycles. The molecule has 0 N–H and O–H groups in total. The van der Waals surface area contributed by atoms with Crippen molar-refractivity contribution in [2.45, 2.75) is 20.4 Å². The Kier molecular flexibility index (Phi) is 4.94. The standard InChI is InChI=1S/C21H24N2O2S/c1-15-5-3-4-6-18(15)20(24)19-14-17-13-16(2)23(21(17)26-19)8-7-22-9-11-25-12-10-22/h3-6,13-14H,7-12H2,1-2H3. The van der Waals surface area contributed by atoms with E-state index in [0.29, 0.717) is 0 Å². The molecule has 1 fully saturated rings. The topological polar surface area (TPSA) is 34.5 Å².